The minimum Gasteiger partial charge on any atom is -0.252 e. The van der Waals surface area contributed by atoms with Crippen molar-refractivity contribution in [2.24, 2.45) is 0 Å². The quantitative estimate of drug-likeness (QED) is 0.273. The monoisotopic (exact) mass is 390 g/mol. The van der Waals surface area contributed by atoms with E-state index in [0.29, 0.717) is 0 Å². The number of hydrogen-bond donors (Lipinski definition) is 0. The molecule has 0 aliphatic rings. The lowest BCUT2D eigenvalue weighted by atomic mass is 9.99. The molecule has 136 valence electrons. The molecule has 0 bridgehead atoms. The molecule has 0 spiro atoms. The van der Waals surface area contributed by atoms with E-state index in [0.717, 1.165) is 48.9 Å². The van der Waals surface area contributed by atoms with Crippen LogP contribution >= 0.6 is 11.6 Å². The van der Waals surface area contributed by atoms with Crippen LogP contribution in [-0.2, 0) is 0 Å². The summed E-state index contributed by atoms with van der Waals surface area (Å²) in [4.78, 5) is 9.90. The molecule has 0 atom stereocenters. The van der Waals surface area contributed by atoms with Gasteiger partial charge in [0.25, 0.3) is 0 Å². The van der Waals surface area contributed by atoms with Gasteiger partial charge in [0, 0.05) is 26.7 Å². The maximum absolute atomic E-state index is 6.33. The molecule has 0 saturated heterocycles. The summed E-state index contributed by atoms with van der Waals surface area (Å²) in [6.45, 7) is 0. The van der Waals surface area contributed by atoms with Crippen LogP contribution in [0.5, 0.6) is 0 Å². The van der Waals surface area contributed by atoms with Gasteiger partial charge in [-0.05, 0) is 28.3 Å². The van der Waals surface area contributed by atoms with E-state index in [1.165, 1.54) is 10.8 Å². The Labute approximate surface area is 172 Å². The largest absolute Gasteiger partial charge is 0.252 e. The van der Waals surface area contributed by atoms with E-state index in [-0.39, 0.29) is 0 Å². The van der Waals surface area contributed by atoms with Gasteiger partial charge in [-0.1, -0.05) is 84.4 Å². The Balaban J connectivity index is 1.68. The molecule has 0 fully saturated rings. The summed E-state index contributed by atoms with van der Waals surface area (Å²) in [6.07, 6.45) is 1.87. The van der Waals surface area contributed by atoms with Gasteiger partial charge in [-0.2, -0.15) is 0 Å². The van der Waals surface area contributed by atoms with E-state index in [2.05, 4.69) is 72.8 Å². The van der Waals surface area contributed by atoms with Gasteiger partial charge in [-0.3, -0.25) is 4.98 Å². The highest BCUT2D eigenvalue weighted by Gasteiger charge is 2.12. The van der Waals surface area contributed by atoms with E-state index >= 15 is 0 Å². The lowest BCUT2D eigenvalue weighted by Crippen LogP contribution is -1.92. The summed E-state index contributed by atoms with van der Waals surface area (Å²) in [5.74, 6) is 0. The second-order valence-electron chi connectivity index (χ2n) is 7.22. The van der Waals surface area contributed by atoms with Crippen LogP contribution in [-0.4, -0.2) is 9.97 Å². The van der Waals surface area contributed by atoms with Crippen LogP contribution in [0.2, 0.25) is 5.02 Å². The molecule has 1 heterocycles. The van der Waals surface area contributed by atoms with E-state index in [9.17, 15) is 0 Å². The number of halogens is 1. The third-order valence-electron chi connectivity index (χ3n) is 5.55. The van der Waals surface area contributed by atoms with Crippen molar-refractivity contribution >= 4 is 55.0 Å². The van der Waals surface area contributed by atoms with E-state index in [1.807, 2.05) is 18.3 Å². The zero-order valence-corrected chi connectivity index (χ0v) is 16.2. The van der Waals surface area contributed by atoms with Crippen molar-refractivity contribution in [1.29, 1.82) is 0 Å². The SMILES string of the molecule is Clc1cccc2cc(-c3cnc4c5ccccc5c5ccccc5c4n3)ccc12. The van der Waals surface area contributed by atoms with Crippen molar-refractivity contribution in [1.82, 2.24) is 9.97 Å². The minimum atomic E-state index is 0.760. The van der Waals surface area contributed by atoms with Gasteiger partial charge >= 0.3 is 0 Å². The van der Waals surface area contributed by atoms with Crippen LogP contribution in [0.4, 0.5) is 0 Å². The number of fused-ring (bicyclic) bond motifs is 7. The first-order valence-corrected chi connectivity index (χ1v) is 9.92. The van der Waals surface area contributed by atoms with Crippen LogP contribution in [0.1, 0.15) is 0 Å². The fourth-order valence-electron chi connectivity index (χ4n) is 4.17. The van der Waals surface area contributed by atoms with Crippen molar-refractivity contribution in [3.63, 3.8) is 0 Å². The van der Waals surface area contributed by atoms with Crippen molar-refractivity contribution in [2.75, 3.05) is 0 Å². The lowest BCUT2D eigenvalue weighted by Gasteiger charge is -2.10. The first-order valence-electron chi connectivity index (χ1n) is 9.54. The smallest absolute Gasteiger partial charge is 0.0979 e. The molecule has 6 aromatic rings. The molecule has 0 radical (unpaired) electrons. The van der Waals surface area contributed by atoms with Crippen LogP contribution in [0, 0.1) is 0 Å². The number of benzene rings is 5. The van der Waals surface area contributed by atoms with Crippen molar-refractivity contribution in [2.45, 2.75) is 0 Å². The van der Waals surface area contributed by atoms with Crippen molar-refractivity contribution in [3.8, 4) is 11.3 Å². The molecule has 2 nitrogen and oxygen atoms in total. The van der Waals surface area contributed by atoms with Crippen LogP contribution in [0.15, 0.2) is 91.1 Å². The second kappa shape index (κ2) is 6.26. The van der Waals surface area contributed by atoms with E-state index in [4.69, 9.17) is 21.6 Å². The average molecular weight is 391 g/mol. The Kier molecular flexibility index (Phi) is 3.56. The third kappa shape index (κ3) is 2.50. The van der Waals surface area contributed by atoms with E-state index in [1.54, 1.807) is 0 Å². The second-order valence-corrected chi connectivity index (χ2v) is 7.63. The van der Waals surface area contributed by atoms with Crippen LogP contribution < -0.4 is 0 Å². The van der Waals surface area contributed by atoms with Crippen molar-refractivity contribution < 1.29 is 0 Å². The normalized spacial score (nSPS) is 11.6. The Bertz CT molecular complexity index is 1530. The maximum atomic E-state index is 6.33. The van der Waals surface area contributed by atoms with Gasteiger partial charge in [-0.15, -0.1) is 0 Å². The van der Waals surface area contributed by atoms with Gasteiger partial charge < -0.3 is 0 Å². The predicted molar refractivity (Wildman–Crippen MR) is 123 cm³/mol. The lowest BCUT2D eigenvalue weighted by molar-refractivity contribution is 1.31. The molecular weight excluding hydrogens is 376 g/mol. The molecular formula is C26H15ClN2. The molecule has 0 unspecified atom stereocenters. The topological polar surface area (TPSA) is 25.8 Å². The summed E-state index contributed by atoms with van der Waals surface area (Å²) in [7, 11) is 0. The maximum Gasteiger partial charge on any atom is 0.0979 e. The molecule has 1 aromatic heterocycles. The van der Waals surface area contributed by atoms with Gasteiger partial charge in [0.2, 0.25) is 0 Å². The van der Waals surface area contributed by atoms with Gasteiger partial charge in [-0.25, -0.2) is 4.98 Å². The highest BCUT2D eigenvalue weighted by Crippen LogP contribution is 2.34. The van der Waals surface area contributed by atoms with Crippen LogP contribution in [0.25, 0.3) is 54.6 Å². The highest BCUT2D eigenvalue weighted by molar-refractivity contribution is 6.35. The van der Waals surface area contributed by atoms with Crippen molar-refractivity contribution in [3.05, 3.63) is 96.1 Å². The molecule has 29 heavy (non-hydrogen) atoms. The van der Waals surface area contributed by atoms with Gasteiger partial charge in [0.05, 0.1) is 22.9 Å². The molecule has 6 rings (SSSR count). The van der Waals surface area contributed by atoms with Gasteiger partial charge in [0.1, 0.15) is 0 Å². The molecule has 0 N–H and O–H groups in total. The Morgan fingerprint density at radius 3 is 2.03 bits per heavy atom. The molecule has 5 aromatic carbocycles. The number of hydrogen-bond acceptors (Lipinski definition) is 2. The number of rotatable bonds is 1. The molecule has 3 heteroatoms. The van der Waals surface area contributed by atoms with Gasteiger partial charge in [0.15, 0.2) is 0 Å². The Morgan fingerprint density at radius 1 is 0.586 bits per heavy atom. The average Bonchev–Trinajstić information content (AvgIpc) is 2.79. The van der Waals surface area contributed by atoms with Crippen LogP contribution in [0.3, 0.4) is 0 Å². The fourth-order valence-corrected chi connectivity index (χ4v) is 4.41. The fraction of sp³-hybridized carbons (Fsp3) is 0. The minimum absolute atomic E-state index is 0.760. The summed E-state index contributed by atoms with van der Waals surface area (Å²) in [5, 5.41) is 7.56. The summed E-state index contributed by atoms with van der Waals surface area (Å²) in [6, 6.07) is 29.0. The first kappa shape index (κ1) is 16.5. The third-order valence-corrected chi connectivity index (χ3v) is 5.88. The Hall–Kier alpha value is -3.49. The summed E-state index contributed by atoms with van der Waals surface area (Å²) in [5.41, 5.74) is 3.76. The molecule has 0 amide bonds. The zero-order valence-electron chi connectivity index (χ0n) is 15.4. The zero-order chi connectivity index (χ0) is 19.4. The Morgan fingerprint density at radius 2 is 1.28 bits per heavy atom. The number of nitrogens with zero attached hydrogens (tertiary/aromatic N) is 2. The standard InChI is InChI=1S/C26H15ClN2/c27-23-11-5-6-16-14-17(12-13-18(16)23)24-15-28-25-21-9-3-1-7-19(21)20-8-2-4-10-22(20)26(25)29-24/h1-15H. The number of aromatic nitrogens is 2. The molecule has 0 aliphatic carbocycles. The van der Waals surface area contributed by atoms with E-state index < -0.39 is 0 Å². The summed E-state index contributed by atoms with van der Waals surface area (Å²) >= 11 is 6.33. The highest BCUT2D eigenvalue weighted by atomic mass is 35.5. The molecule has 0 saturated carbocycles. The summed E-state index contributed by atoms with van der Waals surface area (Å²) < 4.78 is 0. The first-order chi connectivity index (χ1) is 14.3. The molecule has 0 aliphatic heterocycles. The predicted octanol–water partition coefficient (Wildman–Crippen LogP) is 7.41.